The summed E-state index contributed by atoms with van der Waals surface area (Å²) in [6.45, 7) is 3.68. The van der Waals surface area contributed by atoms with Crippen molar-refractivity contribution in [1.82, 2.24) is 10.6 Å². The van der Waals surface area contributed by atoms with E-state index in [9.17, 15) is 4.79 Å². The van der Waals surface area contributed by atoms with Crippen LogP contribution in [0.1, 0.15) is 32.6 Å². The van der Waals surface area contributed by atoms with Crippen molar-refractivity contribution in [2.75, 3.05) is 20.3 Å². The number of piperidine rings is 1. The predicted octanol–water partition coefficient (Wildman–Crippen LogP) is 2.11. The molecule has 1 fully saturated rings. The molecule has 0 aliphatic carbocycles. The van der Waals surface area contributed by atoms with Crippen LogP contribution in [0.2, 0.25) is 0 Å². The van der Waals surface area contributed by atoms with Crippen LogP contribution in [0.25, 0.3) is 0 Å². The Morgan fingerprint density at radius 3 is 2.73 bits per heavy atom. The van der Waals surface area contributed by atoms with Crippen molar-refractivity contribution < 1.29 is 14.3 Å². The minimum absolute atomic E-state index is 0.123. The summed E-state index contributed by atoms with van der Waals surface area (Å²) in [6.07, 6.45) is 3.25. The van der Waals surface area contributed by atoms with Crippen LogP contribution < -0.4 is 20.1 Å². The summed E-state index contributed by atoms with van der Waals surface area (Å²) in [5, 5.41) is 6.50. The zero-order chi connectivity index (χ0) is 15.8. The molecule has 0 saturated carbocycles. The third kappa shape index (κ3) is 5.56. The largest absolute Gasteiger partial charge is 0.497 e. The second-order valence-corrected chi connectivity index (χ2v) is 5.77. The number of ether oxygens (including phenoxy) is 2. The molecular formula is C17H26N2O3. The molecule has 2 N–H and O–H groups in total. The third-order valence-electron chi connectivity index (χ3n) is 3.87. The Labute approximate surface area is 132 Å². The summed E-state index contributed by atoms with van der Waals surface area (Å²) in [6, 6.07) is 8.26. The smallest absolute Gasteiger partial charge is 0.220 e. The fraction of sp³-hybridized carbons (Fsp3) is 0.588. The molecule has 1 aliphatic rings. The SMILES string of the molecule is COc1ccc(OCCCC(=O)NC2CCNC(C)C2)cc1. The summed E-state index contributed by atoms with van der Waals surface area (Å²) < 4.78 is 10.7. The van der Waals surface area contributed by atoms with Gasteiger partial charge in [0.1, 0.15) is 11.5 Å². The van der Waals surface area contributed by atoms with Gasteiger partial charge in [-0.2, -0.15) is 0 Å². The van der Waals surface area contributed by atoms with Crippen LogP contribution in [-0.4, -0.2) is 38.3 Å². The highest BCUT2D eigenvalue weighted by atomic mass is 16.5. The Morgan fingerprint density at radius 1 is 1.32 bits per heavy atom. The van der Waals surface area contributed by atoms with E-state index in [0.29, 0.717) is 25.1 Å². The first-order valence-corrected chi connectivity index (χ1v) is 7.97. The molecule has 1 amide bonds. The molecule has 2 rings (SSSR count). The van der Waals surface area contributed by atoms with E-state index < -0.39 is 0 Å². The number of methoxy groups -OCH3 is 1. The highest BCUT2D eigenvalue weighted by Crippen LogP contribution is 2.17. The van der Waals surface area contributed by atoms with Gasteiger partial charge in [0.2, 0.25) is 5.91 Å². The number of carbonyl (C=O) groups excluding carboxylic acids is 1. The number of rotatable bonds is 7. The second-order valence-electron chi connectivity index (χ2n) is 5.77. The van der Waals surface area contributed by atoms with E-state index in [-0.39, 0.29) is 5.91 Å². The minimum atomic E-state index is 0.123. The van der Waals surface area contributed by atoms with Crippen LogP contribution in [0, 0.1) is 0 Å². The van der Waals surface area contributed by atoms with Crippen LogP contribution in [0.5, 0.6) is 11.5 Å². The summed E-state index contributed by atoms with van der Waals surface area (Å²) >= 11 is 0. The fourth-order valence-corrected chi connectivity index (χ4v) is 2.66. The Balaban J connectivity index is 1.60. The molecule has 1 saturated heterocycles. The monoisotopic (exact) mass is 306 g/mol. The number of amides is 1. The van der Waals surface area contributed by atoms with Gasteiger partial charge < -0.3 is 20.1 Å². The highest BCUT2D eigenvalue weighted by molar-refractivity contribution is 5.76. The van der Waals surface area contributed by atoms with E-state index in [1.165, 1.54) is 0 Å². The van der Waals surface area contributed by atoms with Gasteiger partial charge >= 0.3 is 0 Å². The van der Waals surface area contributed by atoms with Crippen LogP contribution >= 0.6 is 0 Å². The second kappa shape index (κ2) is 8.63. The van der Waals surface area contributed by atoms with E-state index in [0.717, 1.165) is 37.3 Å². The summed E-state index contributed by atoms with van der Waals surface area (Å²) in [5.74, 6) is 1.73. The number of carbonyl (C=O) groups is 1. The lowest BCUT2D eigenvalue weighted by Gasteiger charge is -2.28. The molecule has 5 heteroatoms. The highest BCUT2D eigenvalue weighted by Gasteiger charge is 2.19. The maximum absolute atomic E-state index is 11.9. The number of hydrogen-bond donors (Lipinski definition) is 2. The van der Waals surface area contributed by atoms with Crippen molar-refractivity contribution in [2.24, 2.45) is 0 Å². The van der Waals surface area contributed by atoms with Crippen molar-refractivity contribution in [3.8, 4) is 11.5 Å². The maximum Gasteiger partial charge on any atom is 0.220 e. The lowest BCUT2D eigenvalue weighted by Crippen LogP contribution is -2.46. The van der Waals surface area contributed by atoms with Crippen molar-refractivity contribution in [3.63, 3.8) is 0 Å². The molecule has 0 spiro atoms. The van der Waals surface area contributed by atoms with Crippen LogP contribution in [0.3, 0.4) is 0 Å². The van der Waals surface area contributed by atoms with Crippen LogP contribution in [-0.2, 0) is 4.79 Å². The Bertz CT molecular complexity index is 461. The molecule has 1 aliphatic heterocycles. The van der Waals surface area contributed by atoms with E-state index in [1.54, 1.807) is 7.11 Å². The fourth-order valence-electron chi connectivity index (χ4n) is 2.66. The van der Waals surface area contributed by atoms with Gasteiger partial charge in [0.25, 0.3) is 0 Å². The van der Waals surface area contributed by atoms with Crippen molar-refractivity contribution in [3.05, 3.63) is 24.3 Å². The van der Waals surface area contributed by atoms with E-state index in [1.807, 2.05) is 24.3 Å². The van der Waals surface area contributed by atoms with Gasteiger partial charge in [-0.3, -0.25) is 4.79 Å². The standard InChI is InChI=1S/C17H26N2O3/c1-13-12-14(9-10-18-13)19-17(20)4-3-11-22-16-7-5-15(21-2)6-8-16/h5-8,13-14,18H,3-4,9-12H2,1-2H3,(H,19,20). The Kier molecular flexibility index (Phi) is 6.52. The van der Waals surface area contributed by atoms with Crippen molar-refractivity contribution >= 4 is 5.91 Å². The summed E-state index contributed by atoms with van der Waals surface area (Å²) in [7, 11) is 1.64. The van der Waals surface area contributed by atoms with Gasteiger partial charge in [-0.1, -0.05) is 0 Å². The van der Waals surface area contributed by atoms with E-state index in [2.05, 4.69) is 17.6 Å². The predicted molar refractivity (Wildman–Crippen MR) is 86.4 cm³/mol. The van der Waals surface area contributed by atoms with E-state index in [4.69, 9.17) is 9.47 Å². The zero-order valence-corrected chi connectivity index (χ0v) is 13.4. The van der Waals surface area contributed by atoms with Crippen LogP contribution in [0.4, 0.5) is 0 Å². The molecule has 5 nitrogen and oxygen atoms in total. The average molecular weight is 306 g/mol. The number of benzene rings is 1. The molecule has 22 heavy (non-hydrogen) atoms. The zero-order valence-electron chi connectivity index (χ0n) is 13.4. The van der Waals surface area contributed by atoms with Gasteiger partial charge in [0.15, 0.2) is 0 Å². The molecule has 0 radical (unpaired) electrons. The van der Waals surface area contributed by atoms with Gasteiger partial charge in [0.05, 0.1) is 13.7 Å². The van der Waals surface area contributed by atoms with Crippen molar-refractivity contribution in [2.45, 2.75) is 44.7 Å². The van der Waals surface area contributed by atoms with Gasteiger partial charge in [-0.05, 0) is 57.0 Å². The molecule has 1 aromatic carbocycles. The number of hydrogen-bond acceptors (Lipinski definition) is 4. The first kappa shape index (κ1) is 16.6. The molecule has 0 aromatic heterocycles. The van der Waals surface area contributed by atoms with Gasteiger partial charge in [-0.25, -0.2) is 0 Å². The lowest BCUT2D eigenvalue weighted by molar-refractivity contribution is -0.122. The summed E-state index contributed by atoms with van der Waals surface area (Å²) in [4.78, 5) is 11.9. The average Bonchev–Trinajstić information content (AvgIpc) is 2.52. The minimum Gasteiger partial charge on any atom is -0.497 e. The molecular weight excluding hydrogens is 280 g/mol. The van der Waals surface area contributed by atoms with E-state index >= 15 is 0 Å². The Hall–Kier alpha value is -1.75. The normalized spacial score (nSPS) is 21.2. The summed E-state index contributed by atoms with van der Waals surface area (Å²) in [5.41, 5.74) is 0. The van der Waals surface area contributed by atoms with Crippen LogP contribution in [0.15, 0.2) is 24.3 Å². The van der Waals surface area contributed by atoms with Gasteiger partial charge in [-0.15, -0.1) is 0 Å². The maximum atomic E-state index is 11.9. The third-order valence-corrected chi connectivity index (χ3v) is 3.87. The molecule has 2 unspecified atom stereocenters. The Morgan fingerprint density at radius 2 is 2.05 bits per heavy atom. The van der Waals surface area contributed by atoms with Crippen molar-refractivity contribution in [1.29, 1.82) is 0 Å². The number of nitrogens with one attached hydrogen (secondary N) is 2. The quantitative estimate of drug-likeness (QED) is 0.758. The lowest BCUT2D eigenvalue weighted by atomic mass is 10.0. The molecule has 122 valence electrons. The van der Waals surface area contributed by atoms with Gasteiger partial charge in [0, 0.05) is 18.5 Å². The first-order chi connectivity index (χ1) is 10.7. The topological polar surface area (TPSA) is 59.6 Å². The molecule has 0 bridgehead atoms. The molecule has 1 aromatic rings. The molecule has 2 atom stereocenters. The molecule has 1 heterocycles. The first-order valence-electron chi connectivity index (χ1n) is 7.97.